The molecule has 5 nitrogen and oxygen atoms in total. The van der Waals surface area contributed by atoms with Crippen molar-refractivity contribution >= 4 is 15.9 Å². The number of aryl methyl sites for hydroxylation is 1. The molecule has 1 aromatic rings. The SMILES string of the molecule is Cn1nnc(CC2COC(C)(C)C2Br)n1. The number of ether oxygens (including phenoxy) is 1. The molecule has 0 spiro atoms. The van der Waals surface area contributed by atoms with Gasteiger partial charge in [-0.15, -0.1) is 10.2 Å². The molecule has 0 saturated carbocycles. The Morgan fingerprint density at radius 1 is 1.60 bits per heavy atom. The first-order chi connectivity index (χ1) is 6.99. The molecule has 2 unspecified atom stereocenters. The summed E-state index contributed by atoms with van der Waals surface area (Å²) < 4.78 is 5.71. The third-order valence-electron chi connectivity index (χ3n) is 2.74. The van der Waals surface area contributed by atoms with Crippen molar-refractivity contribution in [1.82, 2.24) is 20.2 Å². The van der Waals surface area contributed by atoms with Gasteiger partial charge in [-0.05, 0) is 19.1 Å². The van der Waals surface area contributed by atoms with Gasteiger partial charge in [-0.1, -0.05) is 15.9 Å². The van der Waals surface area contributed by atoms with Crippen LogP contribution < -0.4 is 0 Å². The number of halogens is 1. The van der Waals surface area contributed by atoms with Crippen molar-refractivity contribution in [3.05, 3.63) is 5.82 Å². The van der Waals surface area contributed by atoms with Gasteiger partial charge in [0.1, 0.15) is 0 Å². The molecule has 0 aliphatic carbocycles. The van der Waals surface area contributed by atoms with E-state index in [4.69, 9.17) is 4.74 Å². The number of aromatic nitrogens is 4. The fraction of sp³-hybridized carbons (Fsp3) is 0.889. The molecule has 1 aliphatic rings. The quantitative estimate of drug-likeness (QED) is 0.754. The average Bonchev–Trinajstić information content (AvgIpc) is 2.66. The molecule has 15 heavy (non-hydrogen) atoms. The van der Waals surface area contributed by atoms with Gasteiger partial charge in [-0.25, -0.2) is 0 Å². The minimum Gasteiger partial charge on any atom is -0.374 e. The van der Waals surface area contributed by atoms with Crippen LogP contribution in [0.5, 0.6) is 0 Å². The Morgan fingerprint density at radius 2 is 2.33 bits per heavy atom. The predicted octanol–water partition coefficient (Wildman–Crippen LogP) is 0.941. The Hall–Kier alpha value is -0.490. The number of hydrogen-bond donors (Lipinski definition) is 0. The summed E-state index contributed by atoms with van der Waals surface area (Å²) in [6.07, 6.45) is 0.813. The Bertz CT molecular complexity index is 352. The lowest BCUT2D eigenvalue weighted by Crippen LogP contribution is -2.31. The topological polar surface area (TPSA) is 52.8 Å². The maximum absolute atomic E-state index is 5.71. The molecule has 1 fully saturated rings. The number of nitrogens with zero attached hydrogens (tertiary/aromatic N) is 4. The number of hydrogen-bond acceptors (Lipinski definition) is 4. The van der Waals surface area contributed by atoms with Crippen LogP contribution in [0.4, 0.5) is 0 Å². The lowest BCUT2D eigenvalue weighted by atomic mass is 9.95. The molecule has 2 heterocycles. The van der Waals surface area contributed by atoms with Gasteiger partial charge in [0.25, 0.3) is 0 Å². The van der Waals surface area contributed by atoms with Crippen molar-refractivity contribution in [2.24, 2.45) is 13.0 Å². The summed E-state index contributed by atoms with van der Waals surface area (Å²) in [6.45, 7) is 4.94. The van der Waals surface area contributed by atoms with Crippen LogP contribution in [0.1, 0.15) is 19.7 Å². The van der Waals surface area contributed by atoms with E-state index >= 15 is 0 Å². The van der Waals surface area contributed by atoms with Crippen molar-refractivity contribution in [2.75, 3.05) is 6.61 Å². The first-order valence-electron chi connectivity index (χ1n) is 5.00. The van der Waals surface area contributed by atoms with Gasteiger partial charge in [-0.2, -0.15) is 4.80 Å². The van der Waals surface area contributed by atoms with E-state index < -0.39 is 0 Å². The second kappa shape index (κ2) is 3.83. The van der Waals surface area contributed by atoms with Gasteiger partial charge in [0, 0.05) is 17.2 Å². The number of rotatable bonds is 2. The maximum Gasteiger partial charge on any atom is 0.175 e. The molecule has 0 amide bonds. The molecule has 0 bridgehead atoms. The Kier molecular flexibility index (Phi) is 2.81. The van der Waals surface area contributed by atoms with E-state index in [-0.39, 0.29) is 5.60 Å². The molecule has 84 valence electrons. The highest BCUT2D eigenvalue weighted by molar-refractivity contribution is 9.09. The van der Waals surface area contributed by atoms with Gasteiger partial charge in [0.2, 0.25) is 0 Å². The monoisotopic (exact) mass is 274 g/mol. The molecule has 0 radical (unpaired) electrons. The molecule has 1 aromatic heterocycles. The highest BCUT2D eigenvalue weighted by Crippen LogP contribution is 2.36. The summed E-state index contributed by atoms with van der Waals surface area (Å²) in [5, 5.41) is 12.0. The fourth-order valence-corrected chi connectivity index (χ4v) is 2.33. The first-order valence-corrected chi connectivity index (χ1v) is 5.91. The Balaban J connectivity index is 2.02. The minimum atomic E-state index is -0.104. The third kappa shape index (κ3) is 2.20. The molecule has 1 saturated heterocycles. The first kappa shape index (κ1) is 11.0. The maximum atomic E-state index is 5.71. The molecular weight excluding hydrogens is 260 g/mol. The van der Waals surface area contributed by atoms with Crippen molar-refractivity contribution in [3.63, 3.8) is 0 Å². The second-order valence-electron chi connectivity index (χ2n) is 4.48. The third-order valence-corrected chi connectivity index (χ3v) is 4.59. The summed E-state index contributed by atoms with van der Waals surface area (Å²) in [5.41, 5.74) is -0.104. The van der Waals surface area contributed by atoms with Crippen LogP contribution in [0.2, 0.25) is 0 Å². The van der Waals surface area contributed by atoms with Crippen molar-refractivity contribution in [3.8, 4) is 0 Å². The summed E-state index contributed by atoms with van der Waals surface area (Å²) in [7, 11) is 1.78. The largest absolute Gasteiger partial charge is 0.374 e. The highest BCUT2D eigenvalue weighted by Gasteiger charge is 2.41. The smallest absolute Gasteiger partial charge is 0.175 e. The molecule has 2 atom stereocenters. The van der Waals surface area contributed by atoms with Gasteiger partial charge >= 0.3 is 0 Å². The van der Waals surface area contributed by atoms with E-state index in [1.165, 1.54) is 4.80 Å². The lowest BCUT2D eigenvalue weighted by molar-refractivity contribution is 0.0380. The van der Waals surface area contributed by atoms with Crippen LogP contribution in [-0.4, -0.2) is 37.2 Å². The zero-order chi connectivity index (χ0) is 11.1. The van der Waals surface area contributed by atoms with E-state index in [0.29, 0.717) is 10.7 Å². The normalized spacial score (nSPS) is 29.6. The van der Waals surface area contributed by atoms with Gasteiger partial charge in [0.15, 0.2) is 5.82 Å². The molecular formula is C9H15BrN4O. The van der Waals surface area contributed by atoms with E-state index in [2.05, 4.69) is 45.2 Å². The Morgan fingerprint density at radius 3 is 2.80 bits per heavy atom. The van der Waals surface area contributed by atoms with Crippen LogP contribution >= 0.6 is 15.9 Å². The lowest BCUT2D eigenvalue weighted by Gasteiger charge is -2.22. The van der Waals surface area contributed by atoms with Crippen LogP contribution in [0, 0.1) is 5.92 Å². The van der Waals surface area contributed by atoms with E-state index in [0.717, 1.165) is 18.9 Å². The van der Waals surface area contributed by atoms with Crippen molar-refractivity contribution in [2.45, 2.75) is 30.7 Å². The van der Waals surface area contributed by atoms with E-state index in [1.54, 1.807) is 7.05 Å². The summed E-state index contributed by atoms with van der Waals surface area (Å²) in [6, 6.07) is 0. The van der Waals surface area contributed by atoms with Crippen LogP contribution in [0.3, 0.4) is 0 Å². The zero-order valence-corrected chi connectivity index (χ0v) is 10.7. The van der Waals surface area contributed by atoms with Gasteiger partial charge in [-0.3, -0.25) is 0 Å². The Labute approximate surface area is 97.3 Å². The van der Waals surface area contributed by atoms with Gasteiger partial charge in [0.05, 0.1) is 19.3 Å². The fourth-order valence-electron chi connectivity index (χ4n) is 1.86. The zero-order valence-electron chi connectivity index (χ0n) is 9.14. The average molecular weight is 275 g/mol. The number of alkyl halides is 1. The van der Waals surface area contributed by atoms with E-state index in [9.17, 15) is 0 Å². The summed E-state index contributed by atoms with van der Waals surface area (Å²) in [4.78, 5) is 1.83. The molecule has 0 N–H and O–H groups in total. The van der Waals surface area contributed by atoms with E-state index in [1.807, 2.05) is 0 Å². The van der Waals surface area contributed by atoms with Crippen molar-refractivity contribution in [1.29, 1.82) is 0 Å². The standard InChI is InChI=1S/C9H15BrN4O/c1-9(2)8(10)6(5-15-9)4-7-11-13-14(3)12-7/h6,8H,4-5H2,1-3H3. The molecule has 0 aromatic carbocycles. The van der Waals surface area contributed by atoms with Gasteiger partial charge < -0.3 is 4.74 Å². The summed E-state index contributed by atoms with van der Waals surface area (Å²) >= 11 is 3.68. The highest BCUT2D eigenvalue weighted by atomic mass is 79.9. The summed E-state index contributed by atoms with van der Waals surface area (Å²) in [5.74, 6) is 1.21. The molecule has 1 aliphatic heterocycles. The second-order valence-corrected chi connectivity index (χ2v) is 5.46. The van der Waals surface area contributed by atoms with Crippen LogP contribution in [-0.2, 0) is 18.2 Å². The number of tetrazole rings is 1. The molecule has 6 heteroatoms. The van der Waals surface area contributed by atoms with Crippen molar-refractivity contribution < 1.29 is 4.74 Å². The predicted molar refractivity (Wildman–Crippen MR) is 58.7 cm³/mol. The molecule has 2 rings (SSSR count). The minimum absolute atomic E-state index is 0.104. The van der Waals surface area contributed by atoms with Crippen LogP contribution in [0.25, 0.3) is 0 Å². The van der Waals surface area contributed by atoms with Crippen LogP contribution in [0.15, 0.2) is 0 Å².